The summed E-state index contributed by atoms with van der Waals surface area (Å²) in [5.74, 6) is 0.768. The summed E-state index contributed by atoms with van der Waals surface area (Å²) in [5, 5.41) is 2.96. The molecule has 0 unspecified atom stereocenters. The van der Waals surface area contributed by atoms with Crippen LogP contribution in [0.25, 0.3) is 0 Å². The minimum absolute atomic E-state index is 0.0498. The van der Waals surface area contributed by atoms with E-state index >= 15 is 0 Å². The Labute approximate surface area is 161 Å². The Morgan fingerprint density at radius 2 is 1.56 bits per heavy atom. The van der Waals surface area contributed by atoms with Crippen molar-refractivity contribution in [1.82, 2.24) is 5.32 Å². The lowest BCUT2D eigenvalue weighted by atomic mass is 9.99. The van der Waals surface area contributed by atoms with E-state index in [0.717, 1.165) is 29.7 Å². The normalized spacial score (nSPS) is 10.4. The van der Waals surface area contributed by atoms with Crippen molar-refractivity contribution in [3.63, 3.8) is 0 Å². The molecule has 0 saturated heterocycles. The van der Waals surface area contributed by atoms with E-state index in [-0.39, 0.29) is 5.91 Å². The smallest absolute Gasteiger partial charge is 0.251 e. The minimum Gasteiger partial charge on any atom is -0.492 e. The number of rotatable bonds is 8. The zero-order valence-electron chi connectivity index (χ0n) is 15.7. The molecule has 0 aliphatic carbocycles. The summed E-state index contributed by atoms with van der Waals surface area (Å²) in [6, 6.07) is 26.0. The fourth-order valence-electron chi connectivity index (χ4n) is 2.95. The standard InChI is InChI=1S/C24H25NO2/c1-19-11-15-22(16-12-19)27-18-17-25-24(26)23-10-6-5-9-21(23)14-13-20-7-3-2-4-8-20/h2-12,15-16H,13-14,17-18H2,1H3,(H,25,26). The number of nitrogens with one attached hydrogen (secondary N) is 1. The van der Waals surface area contributed by atoms with Crippen LogP contribution in [0.4, 0.5) is 0 Å². The number of carbonyl (C=O) groups is 1. The number of aryl methyl sites for hydroxylation is 3. The molecule has 0 spiro atoms. The molecule has 138 valence electrons. The van der Waals surface area contributed by atoms with Gasteiger partial charge in [0.05, 0.1) is 6.54 Å². The van der Waals surface area contributed by atoms with Crippen LogP contribution in [-0.2, 0) is 12.8 Å². The number of benzene rings is 3. The van der Waals surface area contributed by atoms with E-state index in [1.165, 1.54) is 11.1 Å². The van der Waals surface area contributed by atoms with Crippen molar-refractivity contribution in [2.24, 2.45) is 0 Å². The molecule has 0 aliphatic heterocycles. The van der Waals surface area contributed by atoms with E-state index in [9.17, 15) is 4.79 Å². The van der Waals surface area contributed by atoms with E-state index < -0.39 is 0 Å². The van der Waals surface area contributed by atoms with Crippen molar-refractivity contribution in [1.29, 1.82) is 0 Å². The Morgan fingerprint density at radius 3 is 2.33 bits per heavy atom. The summed E-state index contributed by atoms with van der Waals surface area (Å²) in [5.41, 5.74) is 4.28. The molecule has 0 bridgehead atoms. The third kappa shape index (κ3) is 5.71. The van der Waals surface area contributed by atoms with Crippen LogP contribution in [0.2, 0.25) is 0 Å². The molecule has 3 heteroatoms. The lowest BCUT2D eigenvalue weighted by Crippen LogP contribution is -2.29. The molecule has 0 atom stereocenters. The van der Waals surface area contributed by atoms with Gasteiger partial charge in [0.25, 0.3) is 5.91 Å². The molecular weight excluding hydrogens is 334 g/mol. The van der Waals surface area contributed by atoms with E-state index in [1.54, 1.807) is 0 Å². The molecule has 27 heavy (non-hydrogen) atoms. The second kappa shape index (κ2) is 9.58. The van der Waals surface area contributed by atoms with Crippen LogP contribution in [0, 0.1) is 6.92 Å². The Balaban J connectivity index is 1.51. The number of ether oxygens (including phenoxy) is 1. The van der Waals surface area contributed by atoms with Crippen LogP contribution in [0.3, 0.4) is 0 Å². The minimum atomic E-state index is -0.0498. The van der Waals surface area contributed by atoms with E-state index in [2.05, 4.69) is 17.4 Å². The molecule has 0 saturated carbocycles. The second-order valence-electron chi connectivity index (χ2n) is 6.56. The van der Waals surface area contributed by atoms with Gasteiger partial charge in [-0.25, -0.2) is 0 Å². The van der Waals surface area contributed by atoms with E-state index in [0.29, 0.717) is 13.2 Å². The van der Waals surface area contributed by atoms with Gasteiger partial charge in [-0.3, -0.25) is 4.79 Å². The monoisotopic (exact) mass is 359 g/mol. The second-order valence-corrected chi connectivity index (χ2v) is 6.56. The fraction of sp³-hybridized carbons (Fsp3) is 0.208. The highest BCUT2D eigenvalue weighted by Crippen LogP contribution is 2.13. The number of hydrogen-bond acceptors (Lipinski definition) is 2. The van der Waals surface area contributed by atoms with Crippen molar-refractivity contribution in [2.75, 3.05) is 13.2 Å². The van der Waals surface area contributed by atoms with Gasteiger partial charge in [0.2, 0.25) is 0 Å². The quantitative estimate of drug-likeness (QED) is 0.598. The molecule has 0 radical (unpaired) electrons. The first-order chi connectivity index (χ1) is 13.2. The first kappa shape index (κ1) is 18.7. The lowest BCUT2D eigenvalue weighted by Gasteiger charge is -2.11. The maximum Gasteiger partial charge on any atom is 0.251 e. The van der Waals surface area contributed by atoms with Crippen LogP contribution in [0.1, 0.15) is 27.0 Å². The summed E-state index contributed by atoms with van der Waals surface area (Å²) < 4.78 is 5.67. The molecule has 3 nitrogen and oxygen atoms in total. The highest BCUT2D eigenvalue weighted by atomic mass is 16.5. The Hall–Kier alpha value is -3.07. The van der Waals surface area contributed by atoms with Gasteiger partial charge in [0.15, 0.2) is 0 Å². The molecule has 3 aromatic rings. The van der Waals surface area contributed by atoms with Gasteiger partial charge < -0.3 is 10.1 Å². The van der Waals surface area contributed by atoms with Gasteiger partial charge in [-0.2, -0.15) is 0 Å². The van der Waals surface area contributed by atoms with Crippen LogP contribution < -0.4 is 10.1 Å². The van der Waals surface area contributed by atoms with Crippen molar-refractivity contribution in [3.8, 4) is 5.75 Å². The summed E-state index contributed by atoms with van der Waals surface area (Å²) in [4.78, 5) is 12.6. The van der Waals surface area contributed by atoms with Crippen molar-refractivity contribution >= 4 is 5.91 Å². The largest absolute Gasteiger partial charge is 0.492 e. The van der Waals surface area contributed by atoms with Crippen molar-refractivity contribution < 1.29 is 9.53 Å². The summed E-state index contributed by atoms with van der Waals surface area (Å²) in [6.45, 7) is 2.96. The fourth-order valence-corrected chi connectivity index (χ4v) is 2.95. The highest BCUT2D eigenvalue weighted by Gasteiger charge is 2.10. The average Bonchev–Trinajstić information content (AvgIpc) is 2.72. The first-order valence-electron chi connectivity index (χ1n) is 9.32. The molecule has 3 aromatic carbocycles. The van der Waals surface area contributed by atoms with Gasteiger partial charge in [-0.15, -0.1) is 0 Å². The molecule has 1 N–H and O–H groups in total. The third-order valence-corrected chi connectivity index (χ3v) is 4.47. The molecular formula is C24H25NO2. The van der Waals surface area contributed by atoms with Crippen LogP contribution in [0.5, 0.6) is 5.75 Å². The zero-order chi connectivity index (χ0) is 18.9. The third-order valence-electron chi connectivity index (χ3n) is 4.47. The SMILES string of the molecule is Cc1ccc(OCCNC(=O)c2ccccc2CCc2ccccc2)cc1. The number of amides is 1. The zero-order valence-corrected chi connectivity index (χ0v) is 15.7. The van der Waals surface area contributed by atoms with Gasteiger partial charge in [0.1, 0.15) is 12.4 Å². The van der Waals surface area contributed by atoms with Crippen molar-refractivity contribution in [2.45, 2.75) is 19.8 Å². The maximum absolute atomic E-state index is 12.6. The highest BCUT2D eigenvalue weighted by molar-refractivity contribution is 5.95. The van der Waals surface area contributed by atoms with Crippen LogP contribution in [0.15, 0.2) is 78.9 Å². The van der Waals surface area contributed by atoms with Crippen LogP contribution >= 0.6 is 0 Å². The Bertz CT molecular complexity index is 857. The predicted molar refractivity (Wildman–Crippen MR) is 109 cm³/mol. The molecule has 0 aromatic heterocycles. The lowest BCUT2D eigenvalue weighted by molar-refractivity contribution is 0.0946. The van der Waals surface area contributed by atoms with Crippen molar-refractivity contribution in [3.05, 3.63) is 101 Å². The topological polar surface area (TPSA) is 38.3 Å². The molecule has 0 fully saturated rings. The number of carbonyl (C=O) groups excluding carboxylic acids is 1. The molecule has 1 amide bonds. The Kier molecular flexibility index (Phi) is 6.64. The molecule has 0 aliphatic rings. The predicted octanol–water partition coefficient (Wildman–Crippen LogP) is 4.59. The molecule has 3 rings (SSSR count). The van der Waals surface area contributed by atoms with Crippen LogP contribution in [-0.4, -0.2) is 19.1 Å². The average molecular weight is 359 g/mol. The summed E-state index contributed by atoms with van der Waals surface area (Å²) in [6.07, 6.45) is 1.76. The van der Waals surface area contributed by atoms with Gasteiger partial charge in [-0.05, 0) is 49.1 Å². The Morgan fingerprint density at radius 1 is 0.852 bits per heavy atom. The molecule has 0 heterocycles. The van der Waals surface area contributed by atoms with E-state index in [1.807, 2.05) is 73.7 Å². The maximum atomic E-state index is 12.6. The summed E-state index contributed by atoms with van der Waals surface area (Å²) >= 11 is 0. The van der Waals surface area contributed by atoms with Gasteiger partial charge in [-0.1, -0.05) is 66.2 Å². The number of hydrogen-bond donors (Lipinski definition) is 1. The first-order valence-corrected chi connectivity index (χ1v) is 9.32. The van der Waals surface area contributed by atoms with Gasteiger partial charge in [0, 0.05) is 5.56 Å². The van der Waals surface area contributed by atoms with Gasteiger partial charge >= 0.3 is 0 Å². The summed E-state index contributed by atoms with van der Waals surface area (Å²) in [7, 11) is 0. The van der Waals surface area contributed by atoms with E-state index in [4.69, 9.17) is 4.74 Å².